The lowest BCUT2D eigenvalue weighted by molar-refractivity contribution is -0.289. The maximum Gasteiger partial charge on any atom is 0.441 e. The standard InChI is InChI=1S/C4Cl2F8/c5-1(7,3(9,10)11)2(6,8)4(12,13)14/t1-,2+. The summed E-state index contributed by atoms with van der Waals surface area (Å²) < 4.78 is 93.7. The molecule has 0 aliphatic rings. The van der Waals surface area contributed by atoms with Crippen LogP contribution in [0.2, 0.25) is 0 Å². The first-order chi connectivity index (χ1) is 5.75. The Morgan fingerprint density at radius 1 is 0.500 bits per heavy atom. The summed E-state index contributed by atoms with van der Waals surface area (Å²) in [4.78, 5) is 0. The molecule has 0 rings (SSSR count). The van der Waals surface area contributed by atoms with E-state index in [0.717, 1.165) is 0 Å². The van der Waals surface area contributed by atoms with Crippen molar-refractivity contribution >= 4 is 23.2 Å². The van der Waals surface area contributed by atoms with Gasteiger partial charge in [0.05, 0.1) is 0 Å². The van der Waals surface area contributed by atoms with E-state index < -0.39 is 22.6 Å². The highest BCUT2D eigenvalue weighted by atomic mass is 35.5. The molecule has 0 fully saturated rings. The Labute approximate surface area is 81.8 Å². The molecule has 0 aliphatic carbocycles. The lowest BCUT2D eigenvalue weighted by Crippen LogP contribution is -2.57. The molecule has 0 aromatic carbocycles. The third-order valence-electron chi connectivity index (χ3n) is 1.11. The highest BCUT2D eigenvalue weighted by Gasteiger charge is 2.79. The fourth-order valence-corrected chi connectivity index (χ4v) is 0.570. The maximum absolute atomic E-state index is 12.3. The van der Waals surface area contributed by atoms with Crippen molar-refractivity contribution in [3.63, 3.8) is 0 Å². The van der Waals surface area contributed by atoms with Gasteiger partial charge in [-0.2, -0.15) is 26.3 Å². The van der Waals surface area contributed by atoms with Gasteiger partial charge in [0.1, 0.15) is 0 Å². The van der Waals surface area contributed by atoms with Crippen LogP contribution < -0.4 is 0 Å². The van der Waals surface area contributed by atoms with E-state index in [2.05, 4.69) is 23.2 Å². The average molecular weight is 271 g/mol. The number of hydrogen-bond donors (Lipinski definition) is 0. The van der Waals surface area contributed by atoms with Crippen LogP contribution in [-0.4, -0.2) is 22.6 Å². The molecule has 0 nitrogen and oxygen atoms in total. The Morgan fingerprint density at radius 2 is 0.643 bits per heavy atom. The number of hydrogen-bond acceptors (Lipinski definition) is 0. The van der Waals surface area contributed by atoms with Crippen LogP contribution in [-0.2, 0) is 0 Å². The van der Waals surface area contributed by atoms with Gasteiger partial charge in [-0.1, -0.05) is 23.2 Å². The maximum atomic E-state index is 12.3. The van der Waals surface area contributed by atoms with Gasteiger partial charge in [-0.15, -0.1) is 0 Å². The lowest BCUT2D eigenvalue weighted by atomic mass is 10.2. The Morgan fingerprint density at radius 3 is 0.714 bits per heavy atom. The van der Waals surface area contributed by atoms with E-state index in [0.29, 0.717) is 0 Å². The third kappa shape index (κ3) is 2.00. The predicted molar refractivity (Wildman–Crippen MR) is 31.5 cm³/mol. The van der Waals surface area contributed by atoms with Crippen LogP contribution in [0.5, 0.6) is 0 Å². The molecule has 0 aromatic rings. The third-order valence-corrected chi connectivity index (χ3v) is 2.15. The van der Waals surface area contributed by atoms with Crippen LogP contribution in [0.1, 0.15) is 0 Å². The molecule has 0 aliphatic heterocycles. The molecule has 10 heteroatoms. The summed E-state index contributed by atoms with van der Waals surface area (Å²) in [7, 11) is 0. The van der Waals surface area contributed by atoms with E-state index in [-0.39, 0.29) is 0 Å². The summed E-state index contributed by atoms with van der Waals surface area (Å²) >= 11 is 7.54. The summed E-state index contributed by atoms with van der Waals surface area (Å²) in [5.74, 6) is 0. The zero-order chi connectivity index (χ0) is 12.0. The van der Waals surface area contributed by atoms with E-state index in [9.17, 15) is 35.1 Å². The van der Waals surface area contributed by atoms with Crippen LogP contribution in [0.25, 0.3) is 0 Å². The van der Waals surface area contributed by atoms with E-state index in [1.807, 2.05) is 0 Å². The van der Waals surface area contributed by atoms with Crippen LogP contribution in [0, 0.1) is 0 Å². The fraction of sp³-hybridized carbons (Fsp3) is 1.00. The van der Waals surface area contributed by atoms with Crippen LogP contribution in [0.3, 0.4) is 0 Å². The van der Waals surface area contributed by atoms with Gasteiger partial charge in [0.25, 0.3) is 0 Å². The minimum absolute atomic E-state index is 3.77. The van der Waals surface area contributed by atoms with Crippen molar-refractivity contribution in [2.24, 2.45) is 0 Å². The molecular weight excluding hydrogens is 271 g/mol. The van der Waals surface area contributed by atoms with Gasteiger partial charge in [-0.3, -0.25) is 0 Å². The van der Waals surface area contributed by atoms with E-state index in [4.69, 9.17) is 0 Å². The van der Waals surface area contributed by atoms with Gasteiger partial charge >= 0.3 is 22.6 Å². The van der Waals surface area contributed by atoms with Gasteiger partial charge in [-0.25, -0.2) is 8.78 Å². The summed E-state index contributed by atoms with van der Waals surface area (Å²) in [6.07, 6.45) is -12.6. The van der Waals surface area contributed by atoms with Crippen LogP contribution in [0.4, 0.5) is 35.1 Å². The van der Waals surface area contributed by atoms with Gasteiger partial charge in [0.15, 0.2) is 0 Å². The van der Waals surface area contributed by atoms with Crippen molar-refractivity contribution in [3.8, 4) is 0 Å². The SMILES string of the molecule is FC(F)(F)[C@](F)(Cl)[C@](F)(Cl)C(F)(F)F. The summed E-state index contributed by atoms with van der Waals surface area (Å²) in [5.41, 5.74) is 0. The Balaban J connectivity index is 5.30. The van der Waals surface area contributed by atoms with Crippen molar-refractivity contribution in [3.05, 3.63) is 0 Å². The second-order valence-corrected chi connectivity index (χ2v) is 3.19. The monoisotopic (exact) mass is 270 g/mol. The average Bonchev–Trinajstić information content (AvgIpc) is 1.81. The van der Waals surface area contributed by atoms with E-state index in [1.165, 1.54) is 0 Å². The smallest absolute Gasteiger partial charge is 0.210 e. The number of halogens is 10. The molecule has 0 saturated carbocycles. The van der Waals surface area contributed by atoms with E-state index >= 15 is 0 Å². The second kappa shape index (κ2) is 3.26. The highest BCUT2D eigenvalue weighted by Crippen LogP contribution is 2.56. The van der Waals surface area contributed by atoms with E-state index in [1.54, 1.807) is 0 Å². The van der Waals surface area contributed by atoms with Crippen molar-refractivity contribution in [1.82, 2.24) is 0 Å². The van der Waals surface area contributed by atoms with Gasteiger partial charge in [0.2, 0.25) is 0 Å². The van der Waals surface area contributed by atoms with Crippen LogP contribution in [0.15, 0.2) is 0 Å². The first-order valence-corrected chi connectivity index (χ1v) is 3.40. The molecule has 0 N–H and O–H groups in total. The van der Waals surface area contributed by atoms with Crippen molar-refractivity contribution < 1.29 is 35.1 Å². The topological polar surface area (TPSA) is 0 Å². The summed E-state index contributed by atoms with van der Waals surface area (Å²) in [5, 5.41) is -11.5. The van der Waals surface area contributed by atoms with Crippen molar-refractivity contribution in [2.75, 3.05) is 0 Å². The van der Waals surface area contributed by atoms with Crippen LogP contribution >= 0.6 is 23.2 Å². The first kappa shape index (κ1) is 14.0. The molecule has 2 atom stereocenters. The van der Waals surface area contributed by atoms with Crippen molar-refractivity contribution in [2.45, 2.75) is 22.6 Å². The Kier molecular flexibility index (Phi) is 3.27. The lowest BCUT2D eigenvalue weighted by Gasteiger charge is -2.32. The first-order valence-electron chi connectivity index (χ1n) is 2.64. The molecule has 0 radical (unpaired) electrons. The largest absolute Gasteiger partial charge is 0.441 e. The summed E-state index contributed by atoms with van der Waals surface area (Å²) in [6.45, 7) is 0. The van der Waals surface area contributed by atoms with Gasteiger partial charge < -0.3 is 0 Å². The molecule has 0 bridgehead atoms. The quantitative estimate of drug-likeness (QED) is 0.501. The van der Waals surface area contributed by atoms with Crippen molar-refractivity contribution in [1.29, 1.82) is 0 Å². The zero-order valence-corrected chi connectivity index (χ0v) is 7.29. The predicted octanol–water partition coefficient (Wildman–Crippen LogP) is 3.92. The molecule has 14 heavy (non-hydrogen) atoms. The molecule has 0 amide bonds. The molecule has 0 heterocycles. The van der Waals surface area contributed by atoms with Gasteiger partial charge in [0, 0.05) is 0 Å². The molecule has 0 unspecified atom stereocenters. The Hall–Kier alpha value is 0.0200. The molecule has 86 valence electrons. The molecular formula is C4Cl2F8. The molecule has 0 aromatic heterocycles. The minimum Gasteiger partial charge on any atom is -0.210 e. The minimum atomic E-state index is -6.29. The highest BCUT2D eigenvalue weighted by molar-refractivity contribution is 6.34. The number of alkyl halides is 10. The molecule has 0 spiro atoms. The number of rotatable bonds is 1. The zero-order valence-electron chi connectivity index (χ0n) is 5.78. The Bertz CT molecular complexity index is 188. The summed E-state index contributed by atoms with van der Waals surface area (Å²) in [6, 6.07) is 0. The normalized spacial score (nSPS) is 22.7. The molecule has 0 saturated heterocycles. The fourth-order valence-electron chi connectivity index (χ4n) is 0.356. The van der Waals surface area contributed by atoms with Gasteiger partial charge in [-0.05, 0) is 0 Å². The second-order valence-electron chi connectivity index (χ2n) is 2.14.